The lowest BCUT2D eigenvalue weighted by Gasteiger charge is -2.16. The minimum absolute atomic E-state index is 0.102. The molecule has 1 fully saturated rings. The van der Waals surface area contributed by atoms with Gasteiger partial charge in [0.05, 0.1) is 36.7 Å². The van der Waals surface area contributed by atoms with E-state index < -0.39 is 29.4 Å². The Balaban J connectivity index is 1.82. The molecule has 2 aromatic carbocycles. The van der Waals surface area contributed by atoms with Gasteiger partial charge >= 0.3 is 0 Å². The van der Waals surface area contributed by atoms with Crippen molar-refractivity contribution in [3.8, 4) is 16.9 Å². The van der Waals surface area contributed by atoms with Crippen LogP contribution >= 0.6 is 11.6 Å². The molecule has 1 aromatic heterocycles. The lowest BCUT2D eigenvalue weighted by molar-refractivity contribution is 0.0884. The van der Waals surface area contributed by atoms with Crippen LogP contribution in [-0.4, -0.2) is 46.2 Å². The summed E-state index contributed by atoms with van der Waals surface area (Å²) in [7, 11) is 0. The molecule has 7 nitrogen and oxygen atoms in total. The van der Waals surface area contributed by atoms with E-state index in [4.69, 9.17) is 16.3 Å². The van der Waals surface area contributed by atoms with Gasteiger partial charge in [0, 0.05) is 10.6 Å². The molecule has 0 bridgehead atoms. The van der Waals surface area contributed by atoms with Crippen molar-refractivity contribution in [3.63, 3.8) is 0 Å². The summed E-state index contributed by atoms with van der Waals surface area (Å²) < 4.78 is 19.9. The first-order valence-electron chi connectivity index (χ1n) is 9.15. The number of nitrogens with one attached hydrogen (secondary N) is 1. The van der Waals surface area contributed by atoms with Crippen molar-refractivity contribution in [2.45, 2.75) is 12.1 Å². The number of aliphatic hydroxyl groups is 1. The fourth-order valence-electron chi connectivity index (χ4n) is 3.13. The third-order valence-electron chi connectivity index (χ3n) is 4.72. The minimum Gasteiger partial charge on any atom is -0.388 e. The molecule has 2 atom stereocenters. The molecule has 1 aliphatic rings. The fourth-order valence-corrected chi connectivity index (χ4v) is 3.25. The Morgan fingerprint density at radius 1 is 1.20 bits per heavy atom. The number of carbonyl (C=O) groups excluding carboxylic acids is 1. The van der Waals surface area contributed by atoms with Crippen molar-refractivity contribution in [2.75, 3.05) is 13.2 Å². The summed E-state index contributed by atoms with van der Waals surface area (Å²) in [5, 5.41) is 17.3. The van der Waals surface area contributed by atoms with Gasteiger partial charge in [-0.1, -0.05) is 29.8 Å². The molecular formula is C21H17ClFN3O4. The van der Waals surface area contributed by atoms with Gasteiger partial charge in [0.1, 0.15) is 11.4 Å². The Bertz CT molecular complexity index is 1150. The maximum absolute atomic E-state index is 13.7. The van der Waals surface area contributed by atoms with Crippen LogP contribution in [-0.2, 0) is 4.74 Å². The van der Waals surface area contributed by atoms with Gasteiger partial charge in [-0.2, -0.15) is 9.78 Å². The summed E-state index contributed by atoms with van der Waals surface area (Å²) in [6.45, 7) is 0.241. The van der Waals surface area contributed by atoms with Crippen molar-refractivity contribution < 1.29 is 19.0 Å². The Hall–Kier alpha value is -3.07. The van der Waals surface area contributed by atoms with Crippen LogP contribution in [0.15, 0.2) is 59.4 Å². The first-order chi connectivity index (χ1) is 14.4. The van der Waals surface area contributed by atoms with Gasteiger partial charge in [-0.25, -0.2) is 4.39 Å². The highest BCUT2D eigenvalue weighted by molar-refractivity contribution is 6.30. The maximum atomic E-state index is 13.7. The van der Waals surface area contributed by atoms with E-state index in [1.54, 1.807) is 24.3 Å². The number of ether oxygens (including phenoxy) is 1. The highest BCUT2D eigenvalue weighted by Gasteiger charge is 2.29. The van der Waals surface area contributed by atoms with Crippen molar-refractivity contribution in [3.05, 3.63) is 81.4 Å². The number of hydrogen-bond acceptors (Lipinski definition) is 5. The Labute approximate surface area is 175 Å². The van der Waals surface area contributed by atoms with Crippen molar-refractivity contribution in [2.24, 2.45) is 0 Å². The van der Waals surface area contributed by atoms with Crippen molar-refractivity contribution in [1.82, 2.24) is 15.1 Å². The molecule has 2 N–H and O–H groups in total. The monoisotopic (exact) mass is 429 g/mol. The van der Waals surface area contributed by atoms with E-state index in [1.807, 2.05) is 0 Å². The molecule has 2 unspecified atom stereocenters. The van der Waals surface area contributed by atoms with Crippen LogP contribution in [0.25, 0.3) is 16.9 Å². The van der Waals surface area contributed by atoms with Gasteiger partial charge in [-0.15, -0.1) is 0 Å². The second-order valence-corrected chi connectivity index (χ2v) is 7.27. The molecule has 2 heterocycles. The Morgan fingerprint density at radius 2 is 1.97 bits per heavy atom. The largest absolute Gasteiger partial charge is 0.388 e. The zero-order valence-corrected chi connectivity index (χ0v) is 16.3. The number of rotatable bonds is 4. The van der Waals surface area contributed by atoms with Crippen LogP contribution in [0.2, 0.25) is 5.02 Å². The molecule has 30 heavy (non-hydrogen) atoms. The zero-order valence-electron chi connectivity index (χ0n) is 15.6. The second-order valence-electron chi connectivity index (χ2n) is 6.83. The van der Waals surface area contributed by atoms with E-state index in [1.165, 1.54) is 24.3 Å². The number of halogens is 2. The lowest BCUT2D eigenvalue weighted by Crippen LogP contribution is -2.44. The van der Waals surface area contributed by atoms with E-state index in [-0.39, 0.29) is 24.5 Å². The summed E-state index contributed by atoms with van der Waals surface area (Å²) in [5.74, 6) is -1.23. The summed E-state index contributed by atoms with van der Waals surface area (Å²) in [6.07, 6.45) is -0.864. The summed E-state index contributed by atoms with van der Waals surface area (Å²) in [5.41, 5.74) is 0.198. The van der Waals surface area contributed by atoms with E-state index in [2.05, 4.69) is 10.4 Å². The molecule has 9 heteroatoms. The molecule has 154 valence electrons. The standard InChI is InChI=1S/C21H17ClFN3O4/c22-13-6-4-12(5-7-13)17-9-16(20(28)24-18-10-30-11-19(18)27)21(29)26(25-17)15-3-1-2-14(23)8-15/h1-9,18-19,27H,10-11H2,(H,24,28). The van der Waals surface area contributed by atoms with Gasteiger partial charge < -0.3 is 15.2 Å². The third kappa shape index (κ3) is 4.11. The summed E-state index contributed by atoms with van der Waals surface area (Å²) in [6, 6.07) is 12.8. The second kappa shape index (κ2) is 8.35. The molecule has 0 saturated carbocycles. The van der Waals surface area contributed by atoms with E-state index in [0.717, 1.165) is 10.7 Å². The van der Waals surface area contributed by atoms with Crippen LogP contribution in [0, 0.1) is 5.82 Å². The number of aliphatic hydroxyl groups excluding tert-OH is 1. The van der Waals surface area contributed by atoms with Crippen LogP contribution in [0.5, 0.6) is 0 Å². The molecule has 0 aliphatic carbocycles. The number of nitrogens with zero attached hydrogens (tertiary/aromatic N) is 2. The maximum Gasteiger partial charge on any atom is 0.284 e. The SMILES string of the molecule is O=C(NC1COCC1O)c1cc(-c2ccc(Cl)cc2)nn(-c2cccc(F)c2)c1=O. The number of aromatic nitrogens is 2. The van der Waals surface area contributed by atoms with E-state index >= 15 is 0 Å². The molecular weight excluding hydrogens is 413 g/mol. The van der Waals surface area contributed by atoms with Crippen LogP contribution in [0.4, 0.5) is 4.39 Å². The molecule has 1 saturated heterocycles. The van der Waals surface area contributed by atoms with Crippen molar-refractivity contribution in [1.29, 1.82) is 0 Å². The number of amides is 1. The average molecular weight is 430 g/mol. The topological polar surface area (TPSA) is 93.4 Å². The summed E-state index contributed by atoms with van der Waals surface area (Å²) >= 11 is 5.94. The minimum atomic E-state index is -0.864. The van der Waals surface area contributed by atoms with Gasteiger partial charge in [-0.05, 0) is 36.4 Å². The number of hydrogen-bond donors (Lipinski definition) is 2. The first-order valence-corrected chi connectivity index (χ1v) is 9.53. The zero-order chi connectivity index (χ0) is 21.3. The summed E-state index contributed by atoms with van der Waals surface area (Å²) in [4.78, 5) is 25.9. The highest BCUT2D eigenvalue weighted by Crippen LogP contribution is 2.21. The van der Waals surface area contributed by atoms with E-state index in [0.29, 0.717) is 16.3 Å². The van der Waals surface area contributed by atoms with Gasteiger partial charge in [0.25, 0.3) is 11.5 Å². The normalized spacial score (nSPS) is 18.4. The van der Waals surface area contributed by atoms with E-state index in [9.17, 15) is 19.1 Å². The lowest BCUT2D eigenvalue weighted by atomic mass is 10.1. The first kappa shape index (κ1) is 20.2. The van der Waals surface area contributed by atoms with Gasteiger partial charge in [0.15, 0.2) is 0 Å². The van der Waals surface area contributed by atoms with Gasteiger partial charge in [0.2, 0.25) is 0 Å². The van der Waals surface area contributed by atoms with Crippen LogP contribution < -0.4 is 10.9 Å². The Kier molecular flexibility index (Phi) is 5.63. The highest BCUT2D eigenvalue weighted by atomic mass is 35.5. The molecule has 3 aromatic rings. The van der Waals surface area contributed by atoms with Crippen LogP contribution in [0.1, 0.15) is 10.4 Å². The molecule has 1 aliphatic heterocycles. The van der Waals surface area contributed by atoms with Gasteiger partial charge in [-0.3, -0.25) is 9.59 Å². The molecule has 0 radical (unpaired) electrons. The average Bonchev–Trinajstić information content (AvgIpc) is 3.13. The fraction of sp³-hybridized carbons (Fsp3) is 0.190. The predicted molar refractivity (Wildman–Crippen MR) is 108 cm³/mol. The molecule has 1 amide bonds. The molecule has 4 rings (SSSR count). The number of benzene rings is 2. The third-order valence-corrected chi connectivity index (χ3v) is 4.97. The Morgan fingerprint density at radius 3 is 2.63 bits per heavy atom. The van der Waals surface area contributed by atoms with Crippen molar-refractivity contribution >= 4 is 17.5 Å². The molecule has 0 spiro atoms. The smallest absolute Gasteiger partial charge is 0.284 e. The predicted octanol–water partition coefficient (Wildman–Crippen LogP) is 2.18. The quantitative estimate of drug-likeness (QED) is 0.663. The number of carbonyl (C=O) groups is 1. The van der Waals surface area contributed by atoms with Crippen LogP contribution in [0.3, 0.4) is 0 Å².